The van der Waals surface area contributed by atoms with Crippen molar-refractivity contribution in [2.24, 2.45) is 11.7 Å². The van der Waals surface area contributed by atoms with Crippen LogP contribution in [0.1, 0.15) is 62.4 Å². The first-order valence-electron chi connectivity index (χ1n) is 9.75. The molecule has 1 amide bonds. The molecule has 148 valence electrons. The maximum absolute atomic E-state index is 13.3. The molecule has 27 heavy (non-hydrogen) atoms. The molecule has 1 aromatic rings. The molecular formula is C22H32N2O3. The Labute approximate surface area is 162 Å². The van der Waals surface area contributed by atoms with Gasteiger partial charge in [-0.15, -0.1) is 0 Å². The molecule has 0 aliphatic heterocycles. The first-order valence-corrected chi connectivity index (χ1v) is 9.75. The Kier molecular flexibility index (Phi) is 9.48. The van der Waals surface area contributed by atoms with Gasteiger partial charge in [0.2, 0.25) is 5.91 Å². The monoisotopic (exact) mass is 372 g/mol. The van der Waals surface area contributed by atoms with Crippen LogP contribution in [0, 0.1) is 5.92 Å². The van der Waals surface area contributed by atoms with E-state index in [1.165, 1.54) is 0 Å². The van der Waals surface area contributed by atoms with E-state index in [1.54, 1.807) is 0 Å². The fraction of sp³-hybridized carbons (Fsp3) is 0.500. The van der Waals surface area contributed by atoms with E-state index in [0.717, 1.165) is 43.5 Å². The minimum atomic E-state index is -0.828. The first kappa shape index (κ1) is 22.6. The van der Waals surface area contributed by atoms with Gasteiger partial charge in [-0.3, -0.25) is 9.59 Å². The second-order valence-electron chi connectivity index (χ2n) is 6.71. The number of carbonyl (C=O) groups excluding carboxylic acids is 3. The molecule has 0 fully saturated rings. The Bertz CT molecular complexity index is 676. The number of hydrogen-bond donors (Lipinski definition) is 1. The van der Waals surface area contributed by atoms with Crippen LogP contribution in [0.4, 0.5) is 5.69 Å². The number of Topliss-reactive ketones (excluding diaryl/α,β-unsaturated/α-hetero) is 1. The molecule has 0 saturated carbocycles. The summed E-state index contributed by atoms with van der Waals surface area (Å²) in [6, 6.07) is 5.85. The maximum atomic E-state index is 13.3. The van der Waals surface area contributed by atoms with E-state index in [-0.39, 0.29) is 24.2 Å². The van der Waals surface area contributed by atoms with E-state index in [2.05, 4.69) is 25.3 Å². The summed E-state index contributed by atoms with van der Waals surface area (Å²) in [5.41, 5.74) is 8.05. The highest BCUT2D eigenvalue weighted by Crippen LogP contribution is 2.30. The van der Waals surface area contributed by atoms with Gasteiger partial charge in [-0.2, -0.15) is 0 Å². The third-order valence-corrected chi connectivity index (χ3v) is 4.69. The molecule has 0 bridgehead atoms. The number of hydrogen-bond acceptors (Lipinski definition) is 4. The highest BCUT2D eigenvalue weighted by atomic mass is 16.1. The normalized spacial score (nSPS) is 11.7. The van der Waals surface area contributed by atoms with Gasteiger partial charge in [0, 0.05) is 36.3 Å². The molecule has 1 unspecified atom stereocenters. The van der Waals surface area contributed by atoms with Crippen LogP contribution in [-0.4, -0.2) is 31.1 Å². The second-order valence-corrected chi connectivity index (χ2v) is 6.71. The molecule has 2 N–H and O–H groups in total. The van der Waals surface area contributed by atoms with Crippen molar-refractivity contribution in [1.29, 1.82) is 0 Å². The molecule has 0 spiro atoms. The van der Waals surface area contributed by atoms with E-state index in [1.807, 2.05) is 25.1 Å². The van der Waals surface area contributed by atoms with Crippen molar-refractivity contribution in [2.75, 3.05) is 18.0 Å². The predicted molar refractivity (Wildman–Crippen MR) is 110 cm³/mol. The Balaban J connectivity index is 3.40. The van der Waals surface area contributed by atoms with Crippen LogP contribution >= 0.6 is 0 Å². The van der Waals surface area contributed by atoms with E-state index < -0.39 is 11.8 Å². The lowest BCUT2D eigenvalue weighted by Gasteiger charge is -2.28. The number of aryl methyl sites for hydroxylation is 1. The molecule has 1 atom stereocenters. The number of amides is 1. The average Bonchev–Trinajstić information content (AvgIpc) is 2.66. The molecule has 1 rings (SSSR count). The van der Waals surface area contributed by atoms with Crippen molar-refractivity contribution >= 4 is 23.7 Å². The highest BCUT2D eigenvalue weighted by molar-refractivity contribution is 6.15. The van der Waals surface area contributed by atoms with Gasteiger partial charge in [0.25, 0.3) is 0 Å². The second kappa shape index (κ2) is 11.3. The van der Waals surface area contributed by atoms with Crippen molar-refractivity contribution in [1.82, 2.24) is 0 Å². The molecule has 0 aromatic heterocycles. The van der Waals surface area contributed by atoms with Gasteiger partial charge in [0.15, 0.2) is 5.78 Å². The average molecular weight is 373 g/mol. The molecule has 5 nitrogen and oxygen atoms in total. The summed E-state index contributed by atoms with van der Waals surface area (Å²) in [7, 11) is 0. The van der Waals surface area contributed by atoms with Crippen molar-refractivity contribution < 1.29 is 14.4 Å². The Morgan fingerprint density at radius 1 is 1.19 bits per heavy atom. The number of anilines is 1. The molecular weight excluding hydrogens is 340 g/mol. The summed E-state index contributed by atoms with van der Waals surface area (Å²) in [4.78, 5) is 38.1. The lowest BCUT2D eigenvalue weighted by atomic mass is 9.86. The van der Waals surface area contributed by atoms with Crippen LogP contribution < -0.4 is 10.6 Å². The van der Waals surface area contributed by atoms with Gasteiger partial charge in [0.05, 0.1) is 5.92 Å². The Hall–Kier alpha value is -2.43. The minimum absolute atomic E-state index is 0.166. The number of benzene rings is 1. The highest BCUT2D eigenvalue weighted by Gasteiger charge is 2.28. The van der Waals surface area contributed by atoms with E-state index in [4.69, 9.17) is 5.73 Å². The zero-order valence-electron chi connectivity index (χ0n) is 16.8. The van der Waals surface area contributed by atoms with Gasteiger partial charge in [-0.25, -0.2) is 0 Å². The molecule has 0 aliphatic carbocycles. The predicted octanol–water partition coefficient (Wildman–Crippen LogP) is 3.69. The fourth-order valence-corrected chi connectivity index (χ4v) is 3.34. The van der Waals surface area contributed by atoms with Crippen molar-refractivity contribution in [3.05, 3.63) is 41.5 Å². The van der Waals surface area contributed by atoms with Crippen LogP contribution in [0.5, 0.6) is 0 Å². The lowest BCUT2D eigenvalue weighted by Crippen LogP contribution is -2.30. The van der Waals surface area contributed by atoms with Crippen molar-refractivity contribution in [3.63, 3.8) is 0 Å². The Morgan fingerprint density at radius 2 is 1.81 bits per heavy atom. The number of carbonyl (C=O) groups is 3. The summed E-state index contributed by atoms with van der Waals surface area (Å²) in [5, 5.41) is 0. The molecule has 0 saturated heterocycles. The van der Waals surface area contributed by atoms with Crippen LogP contribution in [0.25, 0.3) is 0 Å². The SMILES string of the molecule is C=C(C(=O)c1c(CC)cccc1N(CCC)CCC)C(CCC=O)C(N)=O. The van der Waals surface area contributed by atoms with Crippen LogP contribution in [0.2, 0.25) is 0 Å². The summed E-state index contributed by atoms with van der Waals surface area (Å²) in [5.74, 6) is -1.70. The largest absolute Gasteiger partial charge is 0.371 e. The number of nitrogens with two attached hydrogens (primary N) is 1. The Morgan fingerprint density at radius 3 is 2.30 bits per heavy atom. The molecule has 1 aromatic carbocycles. The topological polar surface area (TPSA) is 80.5 Å². The fourth-order valence-electron chi connectivity index (χ4n) is 3.34. The standard InChI is InChI=1S/C22H32N2O3/c1-5-13-24(14-6-2)19-12-8-10-17(7-3)20(19)21(26)16(4)18(22(23)27)11-9-15-25/h8,10,12,15,18H,4-7,9,11,13-14H2,1-3H3,(H2,23,27). The third-order valence-electron chi connectivity index (χ3n) is 4.69. The first-order chi connectivity index (χ1) is 12.9. The smallest absolute Gasteiger partial charge is 0.225 e. The maximum Gasteiger partial charge on any atom is 0.225 e. The number of rotatable bonds is 13. The summed E-state index contributed by atoms with van der Waals surface area (Å²) in [6.45, 7) is 11.8. The van der Waals surface area contributed by atoms with Crippen LogP contribution in [-0.2, 0) is 16.0 Å². The quantitative estimate of drug-likeness (QED) is 0.325. The molecule has 5 heteroatoms. The van der Waals surface area contributed by atoms with E-state index in [0.29, 0.717) is 12.0 Å². The lowest BCUT2D eigenvalue weighted by molar-refractivity contribution is -0.120. The summed E-state index contributed by atoms with van der Waals surface area (Å²) >= 11 is 0. The van der Waals surface area contributed by atoms with Crippen molar-refractivity contribution in [2.45, 2.75) is 52.9 Å². The molecule has 0 radical (unpaired) electrons. The summed E-state index contributed by atoms with van der Waals surface area (Å²) < 4.78 is 0. The number of aldehydes is 1. The summed E-state index contributed by atoms with van der Waals surface area (Å²) in [6.07, 6.45) is 3.73. The van der Waals surface area contributed by atoms with E-state index in [9.17, 15) is 14.4 Å². The molecule has 0 aliphatic rings. The zero-order chi connectivity index (χ0) is 20.4. The van der Waals surface area contributed by atoms with Crippen LogP contribution in [0.3, 0.4) is 0 Å². The zero-order valence-corrected chi connectivity index (χ0v) is 16.8. The van der Waals surface area contributed by atoms with Crippen molar-refractivity contribution in [3.8, 4) is 0 Å². The van der Waals surface area contributed by atoms with E-state index >= 15 is 0 Å². The van der Waals surface area contributed by atoms with Gasteiger partial charge in [-0.1, -0.05) is 39.5 Å². The minimum Gasteiger partial charge on any atom is -0.371 e. The van der Waals surface area contributed by atoms with Gasteiger partial charge in [0.1, 0.15) is 6.29 Å². The number of nitrogens with zero attached hydrogens (tertiary/aromatic N) is 1. The molecule has 0 heterocycles. The van der Waals surface area contributed by atoms with Crippen LogP contribution in [0.15, 0.2) is 30.4 Å². The third kappa shape index (κ3) is 5.78. The number of ketones is 1. The van der Waals surface area contributed by atoms with Gasteiger partial charge < -0.3 is 15.4 Å². The number of primary amides is 1. The van der Waals surface area contributed by atoms with Gasteiger partial charge >= 0.3 is 0 Å². The van der Waals surface area contributed by atoms with Gasteiger partial charge in [-0.05, 0) is 37.3 Å².